The molecule has 0 atom stereocenters. The molecule has 0 amide bonds. The maximum atomic E-state index is 12.9. The van der Waals surface area contributed by atoms with Gasteiger partial charge in [-0.3, -0.25) is 0 Å². The lowest BCUT2D eigenvalue weighted by molar-refractivity contribution is 0.415. The zero-order valence-electron chi connectivity index (χ0n) is 43.9. The molecular weight excluding hydrogens is 997 g/mol. The average Bonchev–Trinajstić information content (AvgIpc) is 4.49. The van der Waals surface area contributed by atoms with E-state index in [2.05, 4.69) is 166 Å². The number of methoxy groups -OCH3 is 4. The monoisotopic (exact) mass is 1040 g/mol. The minimum Gasteiger partial charge on any atom is -0.497 e. The predicted octanol–water partition coefficient (Wildman–Crippen LogP) is 16.8. The van der Waals surface area contributed by atoms with E-state index in [1.807, 2.05) is 48.5 Å². The topological polar surface area (TPSA) is 104 Å². The summed E-state index contributed by atoms with van der Waals surface area (Å²) in [6.07, 6.45) is 0. The molecule has 79 heavy (non-hydrogen) atoms. The lowest BCUT2D eigenvalue weighted by Gasteiger charge is -2.27. The molecule has 0 spiro atoms. The van der Waals surface area contributed by atoms with Crippen molar-refractivity contribution in [2.45, 2.75) is 13.8 Å². The summed E-state index contributed by atoms with van der Waals surface area (Å²) in [6, 6.07) is 64.5. The van der Waals surface area contributed by atoms with Crippen molar-refractivity contribution in [3.63, 3.8) is 0 Å². The Morgan fingerprint density at radius 1 is 0.342 bits per heavy atom. The molecule has 5 heterocycles. The summed E-state index contributed by atoms with van der Waals surface area (Å²) in [5, 5.41) is 35.6. The van der Waals surface area contributed by atoms with Gasteiger partial charge in [-0.05, 0) is 123 Å². The van der Waals surface area contributed by atoms with E-state index in [1.54, 1.807) is 39.8 Å². The van der Waals surface area contributed by atoms with Crippen molar-refractivity contribution >= 4 is 119 Å². The third kappa shape index (κ3) is 6.36. The number of fused-ring (bicyclic) bond motifs is 16. The molecule has 0 bridgehead atoms. The van der Waals surface area contributed by atoms with Crippen LogP contribution in [0.25, 0.3) is 130 Å². The number of aromatic nitrogens is 4. The first kappa shape index (κ1) is 46.1. The van der Waals surface area contributed by atoms with Crippen LogP contribution in [0.2, 0.25) is 0 Å². The number of hydrogen-bond donors (Lipinski definition) is 0. The molecule has 0 radical (unpaired) electrons. The Kier molecular flexibility index (Phi) is 10.0. The molecule has 0 saturated heterocycles. The second-order valence-electron chi connectivity index (χ2n) is 20.2. The Morgan fingerprint density at radius 3 is 1.13 bits per heavy atom. The van der Waals surface area contributed by atoms with Gasteiger partial charge in [0.1, 0.15) is 46.3 Å². The fourth-order valence-corrected chi connectivity index (χ4v) is 13.9. The van der Waals surface area contributed by atoms with Gasteiger partial charge in [0.15, 0.2) is 0 Å². The van der Waals surface area contributed by atoms with Crippen molar-refractivity contribution in [2.24, 2.45) is 0 Å². The van der Waals surface area contributed by atoms with E-state index in [0.717, 1.165) is 119 Å². The largest absolute Gasteiger partial charge is 0.497 e. The standard InChI is InChI=1S/C68H46N6O4S/c1-37-15-23-56-47(29-37)49-31-39(75-3)17-25-58(49)71(56)64-54(36-70)66(74-55-13-9-7-11-43(55)45-21-22-46-44-12-8-10-14-62(44)79-68(46)67(45)74)65(72-57-24-16-38(2)30-48(57)50-32-40(76-4)18-26-59(50)72)53(35-69)63(64)73-60-27-19-41(77-5)33-51(60)52-34-42(78-6)20-28-61(52)73/h7-34H,1-6H3. The molecule has 0 N–H and O–H groups in total. The fourth-order valence-electron chi connectivity index (χ4n) is 12.7. The summed E-state index contributed by atoms with van der Waals surface area (Å²) in [7, 11) is 6.70. The van der Waals surface area contributed by atoms with Crippen LogP contribution in [-0.2, 0) is 0 Å². The smallest absolute Gasteiger partial charge is 0.119 e. The fraction of sp³-hybridized carbons (Fsp3) is 0.0882. The molecule has 0 aliphatic heterocycles. The molecule has 15 rings (SSSR count). The van der Waals surface area contributed by atoms with Gasteiger partial charge in [0.2, 0.25) is 0 Å². The van der Waals surface area contributed by atoms with Crippen LogP contribution in [0, 0.1) is 36.5 Å². The first-order valence-corrected chi connectivity index (χ1v) is 26.8. The van der Waals surface area contributed by atoms with Gasteiger partial charge in [-0.2, -0.15) is 10.5 Å². The van der Waals surface area contributed by atoms with E-state index >= 15 is 0 Å². The van der Waals surface area contributed by atoms with Gasteiger partial charge in [0.05, 0.1) is 100 Å². The van der Waals surface area contributed by atoms with E-state index in [-0.39, 0.29) is 0 Å². The van der Waals surface area contributed by atoms with Crippen LogP contribution in [0.4, 0.5) is 0 Å². The molecule has 15 aromatic rings. The summed E-state index contributed by atoms with van der Waals surface area (Å²) in [6.45, 7) is 4.19. The number of aryl methyl sites for hydroxylation is 2. The number of nitriles is 2. The van der Waals surface area contributed by atoms with E-state index in [4.69, 9.17) is 18.9 Å². The molecule has 5 aromatic heterocycles. The Labute approximate surface area is 456 Å². The van der Waals surface area contributed by atoms with Crippen LogP contribution < -0.4 is 18.9 Å². The van der Waals surface area contributed by atoms with Crippen molar-refractivity contribution in [1.82, 2.24) is 18.3 Å². The van der Waals surface area contributed by atoms with Gasteiger partial charge in [-0.25, -0.2) is 0 Å². The summed E-state index contributed by atoms with van der Waals surface area (Å²) in [4.78, 5) is 0. The highest BCUT2D eigenvalue weighted by atomic mass is 32.1. The lowest BCUT2D eigenvalue weighted by atomic mass is 9.98. The number of nitrogens with zero attached hydrogens (tertiary/aromatic N) is 6. The Hall–Kier alpha value is -10.2. The number of para-hydroxylation sites is 1. The minimum atomic E-state index is 0.342. The zero-order valence-corrected chi connectivity index (χ0v) is 44.7. The van der Waals surface area contributed by atoms with Gasteiger partial charge in [0.25, 0.3) is 0 Å². The summed E-state index contributed by atoms with van der Waals surface area (Å²) < 4.78 is 34.8. The van der Waals surface area contributed by atoms with Gasteiger partial charge < -0.3 is 37.2 Å². The zero-order chi connectivity index (χ0) is 53.5. The first-order chi connectivity index (χ1) is 38.7. The molecule has 10 nitrogen and oxygen atoms in total. The second kappa shape index (κ2) is 17.2. The predicted molar refractivity (Wildman–Crippen MR) is 322 cm³/mol. The highest BCUT2D eigenvalue weighted by molar-refractivity contribution is 7.26. The number of benzene rings is 10. The van der Waals surface area contributed by atoms with Crippen LogP contribution in [0.1, 0.15) is 22.3 Å². The minimum absolute atomic E-state index is 0.342. The third-order valence-electron chi connectivity index (χ3n) is 16.1. The highest BCUT2D eigenvalue weighted by Crippen LogP contribution is 2.51. The van der Waals surface area contributed by atoms with Crippen LogP contribution in [0.15, 0.2) is 170 Å². The van der Waals surface area contributed by atoms with E-state index in [9.17, 15) is 10.5 Å². The summed E-state index contributed by atoms with van der Waals surface area (Å²) in [5.74, 6) is 2.74. The van der Waals surface area contributed by atoms with Crippen molar-refractivity contribution in [2.75, 3.05) is 28.4 Å². The maximum absolute atomic E-state index is 12.9. The SMILES string of the molecule is COc1ccc2c(c1)c1cc(OC)ccc1n2-c1c(C#N)c(-n2c3ccc(C)cc3c3cc(OC)ccc32)c(-n2c3ccccc3c3ccc4c5ccccc5sc4c32)c(C#N)c1-n1c2ccc(C)cc2c2cc(OC)ccc21. The average molecular weight is 1040 g/mol. The Morgan fingerprint density at radius 2 is 0.696 bits per heavy atom. The van der Waals surface area contributed by atoms with E-state index in [0.29, 0.717) is 56.9 Å². The van der Waals surface area contributed by atoms with Gasteiger partial charge in [-0.1, -0.05) is 71.8 Å². The van der Waals surface area contributed by atoms with Crippen LogP contribution in [0.3, 0.4) is 0 Å². The number of hydrogen-bond acceptors (Lipinski definition) is 7. The first-order valence-electron chi connectivity index (χ1n) is 26.0. The summed E-state index contributed by atoms with van der Waals surface area (Å²) in [5.41, 5.74) is 11.8. The van der Waals surface area contributed by atoms with E-state index < -0.39 is 0 Å². The van der Waals surface area contributed by atoms with Crippen molar-refractivity contribution < 1.29 is 18.9 Å². The number of rotatable bonds is 8. The van der Waals surface area contributed by atoms with E-state index in [1.165, 1.54) is 0 Å². The van der Waals surface area contributed by atoms with Gasteiger partial charge in [-0.15, -0.1) is 11.3 Å². The van der Waals surface area contributed by atoms with Crippen molar-refractivity contribution in [1.29, 1.82) is 10.5 Å². The molecule has 0 aliphatic rings. The second-order valence-corrected chi connectivity index (χ2v) is 21.3. The molecule has 0 unspecified atom stereocenters. The number of thiophene rings is 1. The molecule has 11 heteroatoms. The molecular formula is C68H46N6O4S. The van der Waals surface area contributed by atoms with Crippen LogP contribution >= 0.6 is 11.3 Å². The van der Waals surface area contributed by atoms with Crippen molar-refractivity contribution in [3.8, 4) is 57.9 Å². The van der Waals surface area contributed by atoms with Crippen molar-refractivity contribution in [3.05, 3.63) is 192 Å². The molecule has 0 saturated carbocycles. The van der Waals surface area contributed by atoms with Gasteiger partial charge >= 0.3 is 0 Å². The normalized spacial score (nSPS) is 11.9. The Bertz CT molecular complexity index is 5210. The molecule has 378 valence electrons. The Balaban J connectivity index is 1.28. The van der Waals surface area contributed by atoms with Crippen LogP contribution in [-0.4, -0.2) is 46.7 Å². The highest BCUT2D eigenvalue weighted by Gasteiger charge is 2.35. The molecule has 0 fully saturated rings. The maximum Gasteiger partial charge on any atom is 0.119 e. The molecule has 10 aromatic carbocycles. The molecule has 0 aliphatic carbocycles. The van der Waals surface area contributed by atoms with Gasteiger partial charge in [0, 0.05) is 58.6 Å². The quantitative estimate of drug-likeness (QED) is 0.150. The number of ether oxygens (including phenoxy) is 4. The van der Waals surface area contributed by atoms with Crippen LogP contribution in [0.5, 0.6) is 23.0 Å². The lowest BCUT2D eigenvalue weighted by Crippen LogP contribution is -2.16. The third-order valence-corrected chi connectivity index (χ3v) is 17.3. The summed E-state index contributed by atoms with van der Waals surface area (Å²) >= 11 is 1.74.